The molecule has 180 valence electrons. The van der Waals surface area contributed by atoms with Crippen molar-refractivity contribution in [1.29, 1.82) is 0 Å². The van der Waals surface area contributed by atoms with Gasteiger partial charge in [-0.1, -0.05) is 53.5 Å². The molecule has 0 spiro atoms. The fourth-order valence-corrected chi connectivity index (χ4v) is 5.89. The van der Waals surface area contributed by atoms with Crippen molar-refractivity contribution in [1.82, 2.24) is 19.7 Å². The van der Waals surface area contributed by atoms with Crippen molar-refractivity contribution in [2.45, 2.75) is 32.1 Å². The lowest BCUT2D eigenvalue weighted by molar-refractivity contribution is -0.136. The van der Waals surface area contributed by atoms with Gasteiger partial charge < -0.3 is 5.11 Å². The monoisotopic (exact) mass is 530 g/mol. The third-order valence-corrected chi connectivity index (χ3v) is 7.49. The number of benzene rings is 2. The summed E-state index contributed by atoms with van der Waals surface area (Å²) in [5.74, 6) is -0.883. The number of aryl methyl sites for hydroxylation is 1. The van der Waals surface area contributed by atoms with E-state index in [4.69, 9.17) is 28.2 Å². The second kappa shape index (κ2) is 9.77. The Morgan fingerprint density at radius 1 is 1.14 bits per heavy atom. The summed E-state index contributed by atoms with van der Waals surface area (Å²) >= 11 is 14.8. The van der Waals surface area contributed by atoms with Crippen molar-refractivity contribution in [3.63, 3.8) is 0 Å². The number of aromatic nitrogens is 4. The summed E-state index contributed by atoms with van der Waals surface area (Å²) in [6.07, 6.45) is 1.31. The number of halogens is 2. The predicted molar refractivity (Wildman–Crippen MR) is 136 cm³/mol. The van der Waals surface area contributed by atoms with Gasteiger partial charge in [0.1, 0.15) is 11.2 Å². The number of carbonyl (C=O) groups is 1. The molecule has 0 aliphatic heterocycles. The van der Waals surface area contributed by atoms with E-state index < -0.39 is 22.6 Å². The van der Waals surface area contributed by atoms with Crippen molar-refractivity contribution >= 4 is 40.5 Å². The quantitative estimate of drug-likeness (QED) is 0.357. The minimum absolute atomic E-state index is 0.0149. The topological polar surface area (TPSA) is 118 Å². The number of thiazole rings is 1. The van der Waals surface area contributed by atoms with E-state index in [9.17, 15) is 19.5 Å². The van der Waals surface area contributed by atoms with Crippen LogP contribution in [-0.4, -0.2) is 30.8 Å². The summed E-state index contributed by atoms with van der Waals surface area (Å²) in [5, 5.41) is 14.4. The van der Waals surface area contributed by atoms with Gasteiger partial charge >= 0.3 is 11.7 Å². The lowest BCUT2D eigenvalue weighted by Crippen LogP contribution is -2.30. The maximum atomic E-state index is 12.2. The van der Waals surface area contributed by atoms with Gasteiger partial charge in [0.2, 0.25) is 0 Å². The molecule has 0 unspecified atom stereocenters. The molecule has 0 fully saturated rings. The Hall–Kier alpha value is -3.27. The third-order valence-electron chi connectivity index (χ3n) is 5.45. The Bertz CT molecular complexity index is 1500. The molecule has 35 heavy (non-hydrogen) atoms. The number of carboxylic acid groups (broad SMARTS) is 1. The molecule has 0 aliphatic carbocycles. The average Bonchev–Trinajstić information content (AvgIpc) is 3.23. The Morgan fingerprint density at radius 3 is 2.40 bits per heavy atom. The Kier molecular flexibility index (Phi) is 6.93. The SMILES string of the molecule is CC(C)(c1nc(-c2ccccc2)c(CCC(=O)O)s1)c1c(Cl)cc(-n2ncc(=O)[nH]c2=O)cc1Cl. The molecule has 0 aliphatic rings. The van der Waals surface area contributed by atoms with Crippen LogP contribution in [0.15, 0.2) is 58.3 Å². The zero-order valence-electron chi connectivity index (χ0n) is 18.7. The first-order valence-corrected chi connectivity index (χ1v) is 12.1. The molecule has 0 radical (unpaired) electrons. The molecule has 0 saturated heterocycles. The first kappa shape index (κ1) is 24.8. The van der Waals surface area contributed by atoms with Crippen molar-refractivity contribution in [3.05, 3.63) is 95.0 Å². The average molecular weight is 531 g/mol. The van der Waals surface area contributed by atoms with Gasteiger partial charge in [-0.15, -0.1) is 11.3 Å². The van der Waals surface area contributed by atoms with Gasteiger partial charge in [0.25, 0.3) is 5.56 Å². The minimum Gasteiger partial charge on any atom is -0.481 e. The molecule has 0 bridgehead atoms. The highest BCUT2D eigenvalue weighted by Crippen LogP contribution is 2.44. The van der Waals surface area contributed by atoms with Crippen LogP contribution >= 0.6 is 34.5 Å². The van der Waals surface area contributed by atoms with Crippen LogP contribution in [0.4, 0.5) is 0 Å². The number of nitrogens with zero attached hydrogens (tertiary/aromatic N) is 3. The van der Waals surface area contributed by atoms with Gasteiger partial charge in [0.05, 0.1) is 17.8 Å². The van der Waals surface area contributed by atoms with Crippen molar-refractivity contribution in [2.24, 2.45) is 0 Å². The van der Waals surface area contributed by atoms with E-state index in [2.05, 4.69) is 10.1 Å². The van der Waals surface area contributed by atoms with E-state index in [0.29, 0.717) is 32.7 Å². The normalized spacial score (nSPS) is 11.5. The van der Waals surface area contributed by atoms with Gasteiger partial charge in [0, 0.05) is 31.5 Å². The fourth-order valence-electron chi connectivity index (χ4n) is 3.75. The number of rotatable bonds is 7. The van der Waals surface area contributed by atoms with E-state index >= 15 is 0 Å². The van der Waals surface area contributed by atoms with E-state index in [-0.39, 0.29) is 6.42 Å². The molecule has 0 atom stereocenters. The van der Waals surface area contributed by atoms with E-state index in [0.717, 1.165) is 27.0 Å². The Labute approximate surface area is 213 Å². The molecule has 11 heteroatoms. The standard InChI is InChI=1S/C24H20Cl2N4O4S/c1-24(2,20-15(25)10-14(11-16(20)26)30-23(34)28-18(31)12-27-30)22-29-21(13-6-4-3-5-7-13)17(35-22)8-9-19(32)33/h3-7,10-12H,8-9H2,1-2H3,(H,32,33)(H,28,31,34). The molecule has 0 amide bonds. The molecule has 2 aromatic heterocycles. The summed E-state index contributed by atoms with van der Waals surface area (Å²) in [7, 11) is 0. The molecule has 4 aromatic rings. The zero-order chi connectivity index (χ0) is 25.3. The number of aliphatic carboxylic acids is 1. The van der Waals surface area contributed by atoms with Gasteiger partial charge in [-0.25, -0.2) is 9.78 Å². The Balaban J connectivity index is 1.81. The number of hydrogen-bond acceptors (Lipinski definition) is 6. The number of carboxylic acids is 1. The number of nitrogens with one attached hydrogen (secondary N) is 1. The Morgan fingerprint density at radius 2 is 1.80 bits per heavy atom. The van der Waals surface area contributed by atoms with Crippen LogP contribution in [0.1, 0.15) is 35.7 Å². The van der Waals surface area contributed by atoms with Gasteiger partial charge in [0.15, 0.2) is 0 Å². The maximum Gasteiger partial charge on any atom is 0.349 e. The predicted octanol–water partition coefficient (Wildman–Crippen LogP) is 4.69. The van der Waals surface area contributed by atoms with Crippen LogP contribution in [0, 0.1) is 0 Å². The van der Waals surface area contributed by atoms with Crippen LogP contribution in [0.2, 0.25) is 10.0 Å². The summed E-state index contributed by atoms with van der Waals surface area (Å²) in [4.78, 5) is 42.6. The fraction of sp³-hybridized carbons (Fsp3) is 0.208. The molecular formula is C24H20Cl2N4O4S. The van der Waals surface area contributed by atoms with E-state index in [1.165, 1.54) is 11.3 Å². The summed E-state index contributed by atoms with van der Waals surface area (Å²) < 4.78 is 0.997. The first-order valence-electron chi connectivity index (χ1n) is 10.5. The highest BCUT2D eigenvalue weighted by atomic mass is 35.5. The van der Waals surface area contributed by atoms with Gasteiger partial charge in [-0.3, -0.25) is 14.6 Å². The first-order chi connectivity index (χ1) is 16.6. The molecule has 2 aromatic carbocycles. The molecule has 0 saturated carbocycles. The lowest BCUT2D eigenvalue weighted by Gasteiger charge is -2.26. The van der Waals surface area contributed by atoms with Gasteiger partial charge in [-0.05, 0) is 32.4 Å². The van der Waals surface area contributed by atoms with Crippen molar-refractivity contribution < 1.29 is 9.90 Å². The molecule has 2 N–H and O–H groups in total. The summed E-state index contributed by atoms with van der Waals surface area (Å²) in [5.41, 5.74) is 0.443. The van der Waals surface area contributed by atoms with E-state index in [1.54, 1.807) is 12.1 Å². The number of H-pyrrole nitrogens is 1. The van der Waals surface area contributed by atoms with Crippen LogP contribution < -0.4 is 11.2 Å². The van der Waals surface area contributed by atoms with Crippen molar-refractivity contribution in [3.8, 4) is 16.9 Å². The van der Waals surface area contributed by atoms with Crippen LogP contribution in [-0.2, 0) is 16.6 Å². The highest BCUT2D eigenvalue weighted by molar-refractivity contribution is 7.12. The molecule has 8 nitrogen and oxygen atoms in total. The van der Waals surface area contributed by atoms with Crippen LogP contribution in [0.3, 0.4) is 0 Å². The lowest BCUT2D eigenvalue weighted by atomic mass is 9.85. The van der Waals surface area contributed by atoms with E-state index in [1.807, 2.05) is 44.2 Å². The van der Waals surface area contributed by atoms with Crippen molar-refractivity contribution in [2.75, 3.05) is 0 Å². The molecule has 4 rings (SSSR count). The van der Waals surface area contributed by atoms with Crippen LogP contribution in [0.5, 0.6) is 0 Å². The third kappa shape index (κ3) is 5.07. The second-order valence-electron chi connectivity index (χ2n) is 8.31. The zero-order valence-corrected chi connectivity index (χ0v) is 21.0. The number of aromatic amines is 1. The highest BCUT2D eigenvalue weighted by Gasteiger charge is 2.33. The number of hydrogen-bond donors (Lipinski definition) is 2. The largest absolute Gasteiger partial charge is 0.481 e. The maximum absolute atomic E-state index is 12.2. The van der Waals surface area contributed by atoms with Gasteiger partial charge in [-0.2, -0.15) is 9.78 Å². The smallest absolute Gasteiger partial charge is 0.349 e. The second-order valence-corrected chi connectivity index (χ2v) is 10.2. The minimum atomic E-state index is -0.883. The molecule has 2 heterocycles. The molecular weight excluding hydrogens is 511 g/mol. The summed E-state index contributed by atoms with van der Waals surface area (Å²) in [6.45, 7) is 3.86. The summed E-state index contributed by atoms with van der Waals surface area (Å²) in [6, 6.07) is 12.7. The van der Waals surface area contributed by atoms with Crippen LogP contribution in [0.25, 0.3) is 16.9 Å².